The molecule has 2 aliphatic heterocycles. The van der Waals surface area contributed by atoms with Crippen molar-refractivity contribution in [2.45, 2.75) is 37.4 Å². The predicted octanol–water partition coefficient (Wildman–Crippen LogP) is 3.96. The van der Waals surface area contributed by atoms with Gasteiger partial charge in [-0.25, -0.2) is 0 Å². The van der Waals surface area contributed by atoms with E-state index in [1.807, 2.05) is 0 Å². The fourth-order valence-electron chi connectivity index (χ4n) is 4.02. The van der Waals surface area contributed by atoms with E-state index in [4.69, 9.17) is 0 Å². The van der Waals surface area contributed by atoms with Gasteiger partial charge in [-0.3, -0.25) is 4.90 Å². The lowest BCUT2D eigenvalue weighted by atomic mass is 9.85. The fourth-order valence-corrected chi connectivity index (χ4v) is 4.02. The molecule has 1 aromatic rings. The largest absolute Gasteiger partial charge is 0.411 e. The Morgan fingerprint density at radius 3 is 2.39 bits per heavy atom. The Morgan fingerprint density at radius 1 is 1.13 bits per heavy atom. The average molecular weight is 349 g/mol. The molecule has 1 N–H and O–H groups in total. The lowest BCUT2D eigenvalue weighted by Crippen LogP contribution is -2.54. The summed E-state index contributed by atoms with van der Waals surface area (Å²) >= 11 is 0. The van der Waals surface area contributed by atoms with E-state index in [2.05, 4.69) is 5.32 Å². The maximum absolute atomic E-state index is 14.1. The van der Waals surface area contributed by atoms with Gasteiger partial charge in [0.05, 0.1) is 0 Å². The molecule has 2 fully saturated rings. The zero-order valence-electron chi connectivity index (χ0n) is 13.1. The number of benzene rings is 1. The molecule has 0 saturated carbocycles. The summed E-state index contributed by atoms with van der Waals surface area (Å²) in [5, 5.41) is 3.28. The number of piperidine rings is 1. The van der Waals surface area contributed by atoms with Crippen LogP contribution in [0.1, 0.15) is 31.2 Å². The van der Waals surface area contributed by atoms with Gasteiger partial charge in [-0.05, 0) is 56.8 Å². The van der Waals surface area contributed by atoms with E-state index in [0.29, 0.717) is 31.0 Å². The van der Waals surface area contributed by atoms with Crippen molar-refractivity contribution < 1.29 is 13.2 Å². The number of nitrogens with one attached hydrogen (secondary N) is 1. The number of nitrogens with zero attached hydrogens (tertiary/aromatic N) is 1. The lowest BCUT2D eigenvalue weighted by molar-refractivity contribution is -0.230. The van der Waals surface area contributed by atoms with Crippen LogP contribution in [0.5, 0.6) is 0 Å². The molecule has 0 spiro atoms. The number of likely N-dealkylation sites (tertiary alicyclic amines) is 1. The average Bonchev–Trinajstić information content (AvgIpc) is 2.93. The highest BCUT2D eigenvalue weighted by atomic mass is 35.5. The molecule has 1 aromatic carbocycles. The molecule has 0 amide bonds. The normalized spacial score (nSPS) is 26.9. The van der Waals surface area contributed by atoms with Crippen molar-refractivity contribution in [2.24, 2.45) is 5.92 Å². The van der Waals surface area contributed by atoms with Gasteiger partial charge in [-0.2, -0.15) is 13.2 Å². The van der Waals surface area contributed by atoms with Gasteiger partial charge in [0.25, 0.3) is 0 Å². The predicted molar refractivity (Wildman–Crippen MR) is 87.8 cm³/mol. The van der Waals surface area contributed by atoms with Crippen molar-refractivity contribution in [3.63, 3.8) is 0 Å². The van der Waals surface area contributed by atoms with Crippen LogP contribution in [-0.2, 0) is 5.54 Å². The Bertz CT molecular complexity index is 488. The fraction of sp³-hybridized carbons (Fsp3) is 0.647. The first kappa shape index (κ1) is 18.6. The summed E-state index contributed by atoms with van der Waals surface area (Å²) in [7, 11) is 0. The van der Waals surface area contributed by atoms with E-state index >= 15 is 0 Å². The van der Waals surface area contributed by atoms with Crippen LogP contribution >= 0.6 is 12.4 Å². The van der Waals surface area contributed by atoms with Crippen molar-refractivity contribution in [1.29, 1.82) is 0 Å². The number of halogens is 4. The molecule has 2 heterocycles. The third-order valence-electron chi connectivity index (χ3n) is 5.16. The van der Waals surface area contributed by atoms with E-state index in [9.17, 15) is 13.2 Å². The minimum Gasteiger partial charge on any atom is -0.317 e. The van der Waals surface area contributed by atoms with Gasteiger partial charge in [0.2, 0.25) is 0 Å². The molecule has 1 atom stereocenters. The highest BCUT2D eigenvalue weighted by Crippen LogP contribution is 2.50. The second-order valence-electron chi connectivity index (χ2n) is 6.47. The first-order chi connectivity index (χ1) is 10.5. The Morgan fingerprint density at radius 2 is 1.78 bits per heavy atom. The summed E-state index contributed by atoms with van der Waals surface area (Å²) in [4.78, 5) is 1.71. The van der Waals surface area contributed by atoms with Gasteiger partial charge >= 0.3 is 6.18 Å². The molecule has 0 aromatic heterocycles. The van der Waals surface area contributed by atoms with Crippen molar-refractivity contribution in [2.75, 3.05) is 26.2 Å². The van der Waals surface area contributed by atoms with Gasteiger partial charge in [-0.1, -0.05) is 30.3 Å². The van der Waals surface area contributed by atoms with Crippen LogP contribution in [0.2, 0.25) is 0 Å². The second kappa shape index (κ2) is 7.41. The third-order valence-corrected chi connectivity index (χ3v) is 5.16. The Kier molecular flexibility index (Phi) is 5.98. The van der Waals surface area contributed by atoms with Crippen LogP contribution in [-0.4, -0.2) is 37.3 Å². The molecule has 130 valence electrons. The quantitative estimate of drug-likeness (QED) is 0.889. The summed E-state index contributed by atoms with van der Waals surface area (Å²) < 4.78 is 42.2. The standard InChI is InChI=1S/C17H23F3N2.ClH/c18-17(19,20)16(15-5-2-1-3-6-15)9-4-12-22(16)13-14-7-10-21-11-8-14;/h1-3,5-6,14,21H,4,7-13H2;1H. The Balaban J connectivity index is 0.00000192. The van der Waals surface area contributed by atoms with Crippen molar-refractivity contribution >= 4 is 12.4 Å². The Hall–Kier alpha value is -0.780. The maximum Gasteiger partial charge on any atom is 0.411 e. The zero-order valence-corrected chi connectivity index (χ0v) is 13.9. The number of hydrogen-bond donors (Lipinski definition) is 1. The summed E-state index contributed by atoms with van der Waals surface area (Å²) in [5.74, 6) is 0.366. The molecule has 0 radical (unpaired) electrons. The smallest absolute Gasteiger partial charge is 0.317 e. The van der Waals surface area contributed by atoms with Crippen LogP contribution < -0.4 is 5.32 Å². The summed E-state index contributed by atoms with van der Waals surface area (Å²) in [6, 6.07) is 8.47. The van der Waals surface area contributed by atoms with Gasteiger partial charge < -0.3 is 5.32 Å². The molecule has 2 aliphatic rings. The van der Waals surface area contributed by atoms with Gasteiger partial charge in [0.1, 0.15) is 5.54 Å². The van der Waals surface area contributed by atoms with Crippen LogP contribution in [0.15, 0.2) is 30.3 Å². The number of alkyl halides is 3. The Labute approximate surface area is 141 Å². The highest BCUT2D eigenvalue weighted by molar-refractivity contribution is 5.85. The summed E-state index contributed by atoms with van der Waals surface area (Å²) in [5.41, 5.74) is -1.40. The zero-order chi connectivity index (χ0) is 15.6. The van der Waals surface area contributed by atoms with Gasteiger partial charge in [0, 0.05) is 6.54 Å². The number of rotatable bonds is 3. The molecule has 2 nitrogen and oxygen atoms in total. The second-order valence-corrected chi connectivity index (χ2v) is 6.47. The van der Waals surface area contributed by atoms with Gasteiger partial charge in [0.15, 0.2) is 0 Å². The molecule has 1 unspecified atom stereocenters. The lowest BCUT2D eigenvalue weighted by Gasteiger charge is -2.42. The van der Waals surface area contributed by atoms with E-state index < -0.39 is 11.7 Å². The molecule has 0 aliphatic carbocycles. The van der Waals surface area contributed by atoms with Crippen molar-refractivity contribution in [3.8, 4) is 0 Å². The summed E-state index contributed by atoms with van der Waals surface area (Å²) in [6.45, 7) is 2.93. The monoisotopic (exact) mass is 348 g/mol. The highest BCUT2D eigenvalue weighted by Gasteiger charge is 2.61. The molecule has 23 heavy (non-hydrogen) atoms. The van der Waals surface area contributed by atoms with E-state index in [1.165, 1.54) is 0 Å². The first-order valence-corrected chi connectivity index (χ1v) is 8.12. The third kappa shape index (κ3) is 3.52. The molecule has 3 rings (SSSR count). The van der Waals surface area contributed by atoms with Crippen LogP contribution in [0.3, 0.4) is 0 Å². The van der Waals surface area contributed by atoms with Crippen molar-refractivity contribution in [3.05, 3.63) is 35.9 Å². The van der Waals surface area contributed by atoms with E-state index in [1.54, 1.807) is 35.2 Å². The van der Waals surface area contributed by atoms with E-state index in [-0.39, 0.29) is 18.8 Å². The topological polar surface area (TPSA) is 15.3 Å². The van der Waals surface area contributed by atoms with Gasteiger partial charge in [-0.15, -0.1) is 12.4 Å². The van der Waals surface area contributed by atoms with Crippen LogP contribution in [0.25, 0.3) is 0 Å². The molecular weight excluding hydrogens is 325 g/mol. The van der Waals surface area contributed by atoms with E-state index in [0.717, 1.165) is 25.9 Å². The minimum absolute atomic E-state index is 0. The SMILES string of the molecule is Cl.FC(F)(F)C1(c2ccccc2)CCCN1CC1CCNCC1. The number of hydrogen-bond acceptors (Lipinski definition) is 2. The summed E-state index contributed by atoms with van der Waals surface area (Å²) in [6.07, 6.45) is -1.51. The minimum atomic E-state index is -4.24. The molecular formula is C17H24ClF3N2. The first-order valence-electron chi connectivity index (χ1n) is 8.12. The molecule has 2 saturated heterocycles. The molecule has 6 heteroatoms. The van der Waals surface area contributed by atoms with Crippen LogP contribution in [0.4, 0.5) is 13.2 Å². The molecule has 0 bridgehead atoms. The van der Waals surface area contributed by atoms with Crippen molar-refractivity contribution in [1.82, 2.24) is 10.2 Å². The van der Waals surface area contributed by atoms with Crippen LogP contribution in [0, 0.1) is 5.92 Å². The maximum atomic E-state index is 14.1.